The van der Waals surface area contributed by atoms with Gasteiger partial charge in [-0.25, -0.2) is 13.4 Å². The predicted molar refractivity (Wildman–Crippen MR) is 66.6 cm³/mol. The summed E-state index contributed by atoms with van der Waals surface area (Å²) in [5, 5.41) is 3.13. The SMILES string of the molecule is CS(=O)(=O)C1CCCC1NCCc1ncc[nH]1. The highest BCUT2D eigenvalue weighted by atomic mass is 32.2. The van der Waals surface area contributed by atoms with Gasteiger partial charge < -0.3 is 10.3 Å². The van der Waals surface area contributed by atoms with E-state index in [0.717, 1.165) is 38.1 Å². The van der Waals surface area contributed by atoms with Crippen molar-refractivity contribution in [3.63, 3.8) is 0 Å². The Morgan fingerprint density at radius 2 is 2.35 bits per heavy atom. The summed E-state index contributed by atoms with van der Waals surface area (Å²) >= 11 is 0. The van der Waals surface area contributed by atoms with Gasteiger partial charge in [0.15, 0.2) is 9.84 Å². The predicted octanol–water partition coefficient (Wildman–Crippen LogP) is 0.507. The largest absolute Gasteiger partial charge is 0.349 e. The summed E-state index contributed by atoms with van der Waals surface area (Å²) in [6.07, 6.45) is 8.40. The molecule has 2 atom stereocenters. The zero-order chi connectivity index (χ0) is 12.3. The van der Waals surface area contributed by atoms with E-state index < -0.39 is 9.84 Å². The first kappa shape index (κ1) is 12.6. The van der Waals surface area contributed by atoms with Crippen LogP contribution in [0.15, 0.2) is 12.4 Å². The number of sulfone groups is 1. The number of aromatic amines is 1. The van der Waals surface area contributed by atoms with Crippen molar-refractivity contribution in [3.05, 3.63) is 18.2 Å². The number of aromatic nitrogens is 2. The molecule has 1 fully saturated rings. The number of rotatable bonds is 5. The van der Waals surface area contributed by atoms with E-state index in [1.165, 1.54) is 6.26 Å². The Morgan fingerprint density at radius 1 is 1.53 bits per heavy atom. The van der Waals surface area contributed by atoms with Gasteiger partial charge in [0.25, 0.3) is 0 Å². The van der Waals surface area contributed by atoms with Crippen molar-refractivity contribution < 1.29 is 8.42 Å². The highest BCUT2D eigenvalue weighted by Gasteiger charge is 2.34. The molecule has 0 aliphatic heterocycles. The maximum absolute atomic E-state index is 11.6. The molecule has 1 aromatic heterocycles. The fourth-order valence-electron chi connectivity index (χ4n) is 2.48. The zero-order valence-electron chi connectivity index (χ0n) is 10.0. The molecule has 1 saturated carbocycles. The Morgan fingerprint density at radius 3 is 3.00 bits per heavy atom. The van der Waals surface area contributed by atoms with Gasteiger partial charge in [0, 0.05) is 37.7 Å². The van der Waals surface area contributed by atoms with Crippen molar-refractivity contribution in [2.24, 2.45) is 0 Å². The lowest BCUT2D eigenvalue weighted by atomic mass is 10.2. The summed E-state index contributed by atoms with van der Waals surface area (Å²) in [4.78, 5) is 7.17. The second-order valence-electron chi connectivity index (χ2n) is 4.65. The first-order valence-electron chi connectivity index (χ1n) is 5.98. The van der Waals surface area contributed by atoms with Crippen LogP contribution in [0.3, 0.4) is 0 Å². The van der Waals surface area contributed by atoms with Crippen LogP contribution >= 0.6 is 0 Å². The fourth-order valence-corrected chi connectivity index (χ4v) is 3.91. The molecule has 0 spiro atoms. The molecule has 6 heteroatoms. The lowest BCUT2D eigenvalue weighted by molar-refractivity contribution is 0.508. The number of nitrogens with one attached hydrogen (secondary N) is 2. The van der Waals surface area contributed by atoms with E-state index >= 15 is 0 Å². The summed E-state index contributed by atoms with van der Waals surface area (Å²) in [6.45, 7) is 0.768. The van der Waals surface area contributed by atoms with E-state index in [-0.39, 0.29) is 11.3 Å². The number of imidazole rings is 1. The maximum Gasteiger partial charge on any atom is 0.151 e. The number of hydrogen-bond acceptors (Lipinski definition) is 4. The lowest BCUT2D eigenvalue weighted by Gasteiger charge is -2.19. The molecule has 5 nitrogen and oxygen atoms in total. The Bertz CT molecular complexity index is 441. The molecule has 2 N–H and O–H groups in total. The molecule has 1 heterocycles. The first-order valence-corrected chi connectivity index (χ1v) is 7.93. The second kappa shape index (κ2) is 5.18. The molecule has 0 aromatic carbocycles. The van der Waals surface area contributed by atoms with Crippen LogP contribution in [0.4, 0.5) is 0 Å². The van der Waals surface area contributed by atoms with E-state index in [9.17, 15) is 8.42 Å². The third kappa shape index (κ3) is 3.29. The third-order valence-corrected chi connectivity index (χ3v) is 4.99. The van der Waals surface area contributed by atoms with Crippen molar-refractivity contribution in [3.8, 4) is 0 Å². The summed E-state index contributed by atoms with van der Waals surface area (Å²) in [7, 11) is -2.92. The van der Waals surface area contributed by atoms with Crippen molar-refractivity contribution in [1.82, 2.24) is 15.3 Å². The Balaban J connectivity index is 1.82. The van der Waals surface area contributed by atoms with Crippen LogP contribution in [0.25, 0.3) is 0 Å². The van der Waals surface area contributed by atoms with Crippen LogP contribution in [-0.4, -0.2) is 42.5 Å². The number of nitrogens with zero attached hydrogens (tertiary/aromatic N) is 1. The molecular weight excluding hydrogens is 238 g/mol. The van der Waals surface area contributed by atoms with Gasteiger partial charge in [-0.15, -0.1) is 0 Å². The Hall–Kier alpha value is -0.880. The van der Waals surface area contributed by atoms with Gasteiger partial charge >= 0.3 is 0 Å². The van der Waals surface area contributed by atoms with Crippen LogP contribution in [0.1, 0.15) is 25.1 Å². The summed E-state index contributed by atoms with van der Waals surface area (Å²) < 4.78 is 23.2. The van der Waals surface area contributed by atoms with Crippen molar-refractivity contribution in [1.29, 1.82) is 0 Å². The molecule has 0 amide bonds. The quantitative estimate of drug-likeness (QED) is 0.806. The van der Waals surface area contributed by atoms with Crippen LogP contribution < -0.4 is 5.32 Å². The van der Waals surface area contributed by atoms with Gasteiger partial charge in [0.2, 0.25) is 0 Å². The first-order chi connectivity index (χ1) is 8.07. The molecule has 0 radical (unpaired) electrons. The molecule has 1 aliphatic rings. The average Bonchev–Trinajstić information content (AvgIpc) is 2.86. The highest BCUT2D eigenvalue weighted by molar-refractivity contribution is 7.91. The zero-order valence-corrected chi connectivity index (χ0v) is 10.8. The minimum absolute atomic E-state index is 0.111. The van der Waals surface area contributed by atoms with E-state index in [2.05, 4.69) is 15.3 Å². The number of hydrogen-bond donors (Lipinski definition) is 2. The van der Waals surface area contributed by atoms with Gasteiger partial charge in [-0.2, -0.15) is 0 Å². The van der Waals surface area contributed by atoms with Crippen molar-refractivity contribution in [2.75, 3.05) is 12.8 Å². The van der Waals surface area contributed by atoms with Gasteiger partial charge in [-0.05, 0) is 12.8 Å². The van der Waals surface area contributed by atoms with E-state index in [0.29, 0.717) is 0 Å². The van der Waals surface area contributed by atoms with Gasteiger partial charge in [-0.3, -0.25) is 0 Å². The number of H-pyrrole nitrogens is 1. The van der Waals surface area contributed by atoms with E-state index in [1.54, 1.807) is 12.4 Å². The standard InChI is InChI=1S/C11H19N3O2S/c1-17(15,16)10-4-2-3-9(10)12-6-5-11-13-7-8-14-11/h7-10,12H,2-6H2,1H3,(H,13,14). The average molecular weight is 257 g/mol. The Labute approximate surface area is 102 Å². The van der Waals surface area contributed by atoms with Crippen LogP contribution in [0, 0.1) is 0 Å². The molecule has 17 heavy (non-hydrogen) atoms. The van der Waals surface area contributed by atoms with Crippen LogP contribution in [0.2, 0.25) is 0 Å². The van der Waals surface area contributed by atoms with Crippen molar-refractivity contribution in [2.45, 2.75) is 37.0 Å². The van der Waals surface area contributed by atoms with Gasteiger partial charge in [-0.1, -0.05) is 6.42 Å². The maximum atomic E-state index is 11.6. The normalized spacial score (nSPS) is 25.2. The lowest BCUT2D eigenvalue weighted by Crippen LogP contribution is -2.40. The molecule has 0 bridgehead atoms. The monoisotopic (exact) mass is 257 g/mol. The van der Waals surface area contributed by atoms with Crippen LogP contribution in [-0.2, 0) is 16.3 Å². The van der Waals surface area contributed by atoms with Gasteiger partial charge in [0.05, 0.1) is 5.25 Å². The highest BCUT2D eigenvalue weighted by Crippen LogP contribution is 2.24. The molecule has 2 unspecified atom stereocenters. The van der Waals surface area contributed by atoms with E-state index in [1.807, 2.05) is 0 Å². The molecule has 96 valence electrons. The van der Waals surface area contributed by atoms with Crippen molar-refractivity contribution >= 4 is 9.84 Å². The molecule has 0 saturated heterocycles. The van der Waals surface area contributed by atoms with Crippen LogP contribution in [0.5, 0.6) is 0 Å². The minimum atomic E-state index is -2.92. The fraction of sp³-hybridized carbons (Fsp3) is 0.727. The molecule has 1 aromatic rings. The topological polar surface area (TPSA) is 74.8 Å². The molecular formula is C11H19N3O2S. The Kier molecular flexibility index (Phi) is 3.83. The second-order valence-corrected chi connectivity index (χ2v) is 6.91. The smallest absolute Gasteiger partial charge is 0.151 e. The summed E-state index contributed by atoms with van der Waals surface area (Å²) in [5.74, 6) is 0.936. The summed E-state index contributed by atoms with van der Waals surface area (Å²) in [5.41, 5.74) is 0. The molecule has 2 rings (SSSR count). The molecule has 1 aliphatic carbocycles. The van der Waals surface area contributed by atoms with Gasteiger partial charge in [0.1, 0.15) is 5.82 Å². The van der Waals surface area contributed by atoms with E-state index in [4.69, 9.17) is 0 Å². The third-order valence-electron chi connectivity index (χ3n) is 3.33. The minimum Gasteiger partial charge on any atom is -0.349 e. The summed E-state index contributed by atoms with van der Waals surface area (Å²) in [6, 6.07) is 0.111.